The van der Waals surface area contributed by atoms with Crippen molar-refractivity contribution in [3.05, 3.63) is 89.7 Å². The first-order chi connectivity index (χ1) is 21.3. The normalized spacial score (nSPS) is 20.4. The van der Waals surface area contributed by atoms with Crippen molar-refractivity contribution in [2.45, 2.75) is 65.0 Å². The fourth-order valence-corrected chi connectivity index (χ4v) is 5.60. The lowest BCUT2D eigenvalue weighted by Crippen LogP contribution is -2.43. The number of carbonyl (C=O) groups is 3. The molecule has 1 amide bonds. The average molecular weight is 603 g/mol. The minimum absolute atomic E-state index is 0.0136. The van der Waals surface area contributed by atoms with E-state index >= 15 is 0 Å². The highest BCUT2D eigenvalue weighted by atomic mass is 16.7. The maximum absolute atomic E-state index is 13.5. The summed E-state index contributed by atoms with van der Waals surface area (Å²) >= 11 is 0. The summed E-state index contributed by atoms with van der Waals surface area (Å²) in [6.45, 7) is 4.93. The molecule has 9 heteroatoms. The first-order valence-corrected chi connectivity index (χ1v) is 15.2. The van der Waals surface area contributed by atoms with E-state index in [9.17, 15) is 14.4 Å². The third-order valence-corrected chi connectivity index (χ3v) is 8.00. The summed E-state index contributed by atoms with van der Waals surface area (Å²) in [5.41, 5.74) is 2.35. The molecule has 0 radical (unpaired) electrons. The number of carbonyl (C=O) groups excluding carboxylic acids is 3. The fraction of sp³-hybridized carbons (Fsp3) is 0.429. The van der Waals surface area contributed by atoms with Crippen LogP contribution in [0.25, 0.3) is 0 Å². The second-order valence-electron chi connectivity index (χ2n) is 11.5. The van der Waals surface area contributed by atoms with Crippen molar-refractivity contribution in [1.82, 2.24) is 10.3 Å². The Bertz CT molecular complexity index is 1380. The Morgan fingerprint density at radius 3 is 2.27 bits per heavy atom. The van der Waals surface area contributed by atoms with Gasteiger partial charge < -0.3 is 24.3 Å². The molecular formula is C35H42N2O7. The molecular weight excluding hydrogens is 560 g/mol. The van der Waals surface area contributed by atoms with Crippen LogP contribution in [0.4, 0.5) is 0 Å². The van der Waals surface area contributed by atoms with E-state index in [4.69, 9.17) is 18.9 Å². The lowest BCUT2D eigenvalue weighted by molar-refractivity contribution is -0.155. The van der Waals surface area contributed by atoms with E-state index in [0.717, 1.165) is 25.7 Å². The van der Waals surface area contributed by atoms with E-state index in [0.29, 0.717) is 6.42 Å². The van der Waals surface area contributed by atoms with Crippen LogP contribution in [0.2, 0.25) is 0 Å². The lowest BCUT2D eigenvalue weighted by atomic mass is 9.77. The number of rotatable bonds is 11. The average Bonchev–Trinajstić information content (AvgIpc) is 3.07. The number of esters is 2. The molecule has 2 aromatic carbocycles. The molecule has 2 heterocycles. The largest absolute Gasteiger partial charge is 0.493 e. The molecule has 1 N–H and O–H groups in total. The molecule has 4 unspecified atom stereocenters. The molecule has 0 bridgehead atoms. The molecule has 4 atom stereocenters. The SMILES string of the molecule is COc1ccnc(C(=O)NC2CCCC(Cc3ccccc3)C(Cc3ccccc3)C(C)OC2=O)c1OCOC(=O)C(C)C. The fourth-order valence-electron chi connectivity index (χ4n) is 5.60. The predicted octanol–water partition coefficient (Wildman–Crippen LogP) is 5.56. The second-order valence-corrected chi connectivity index (χ2v) is 11.5. The molecule has 1 fully saturated rings. The summed E-state index contributed by atoms with van der Waals surface area (Å²) in [6.07, 6.45) is 4.67. The number of benzene rings is 2. The van der Waals surface area contributed by atoms with Crippen molar-refractivity contribution in [1.29, 1.82) is 0 Å². The van der Waals surface area contributed by atoms with Gasteiger partial charge in [-0.25, -0.2) is 9.78 Å². The molecule has 0 spiro atoms. The van der Waals surface area contributed by atoms with Gasteiger partial charge in [-0.1, -0.05) is 80.9 Å². The number of cyclic esters (lactones) is 1. The Labute approximate surface area is 259 Å². The Morgan fingerprint density at radius 2 is 1.64 bits per heavy atom. The van der Waals surface area contributed by atoms with Crippen molar-refractivity contribution in [3.8, 4) is 11.5 Å². The molecule has 0 saturated carbocycles. The quantitative estimate of drug-likeness (QED) is 0.224. The molecule has 0 aliphatic carbocycles. The third-order valence-electron chi connectivity index (χ3n) is 8.00. The van der Waals surface area contributed by atoms with Crippen molar-refractivity contribution in [2.24, 2.45) is 17.8 Å². The first-order valence-electron chi connectivity index (χ1n) is 15.2. The number of amides is 1. The lowest BCUT2D eigenvalue weighted by Gasteiger charge is -2.31. The third kappa shape index (κ3) is 8.81. The van der Waals surface area contributed by atoms with Crippen molar-refractivity contribution in [2.75, 3.05) is 13.9 Å². The topological polar surface area (TPSA) is 113 Å². The number of hydrogen-bond donors (Lipinski definition) is 1. The molecule has 1 saturated heterocycles. The summed E-state index contributed by atoms with van der Waals surface area (Å²) in [4.78, 5) is 43.1. The van der Waals surface area contributed by atoms with E-state index in [-0.39, 0.29) is 41.1 Å². The number of hydrogen-bond acceptors (Lipinski definition) is 8. The van der Waals surface area contributed by atoms with E-state index in [1.807, 2.05) is 43.3 Å². The smallest absolute Gasteiger partial charge is 0.328 e. The Morgan fingerprint density at radius 1 is 0.977 bits per heavy atom. The molecule has 4 rings (SSSR count). The number of nitrogens with zero attached hydrogens (tertiary/aromatic N) is 1. The monoisotopic (exact) mass is 602 g/mol. The van der Waals surface area contributed by atoms with E-state index < -0.39 is 30.7 Å². The van der Waals surface area contributed by atoms with Gasteiger partial charge in [0.05, 0.1) is 13.0 Å². The van der Waals surface area contributed by atoms with E-state index in [2.05, 4.69) is 34.6 Å². The van der Waals surface area contributed by atoms with Gasteiger partial charge in [0, 0.05) is 18.2 Å². The molecule has 234 valence electrons. The highest BCUT2D eigenvalue weighted by Gasteiger charge is 2.35. The highest BCUT2D eigenvalue weighted by molar-refractivity contribution is 5.98. The number of aromatic nitrogens is 1. The van der Waals surface area contributed by atoms with Gasteiger partial charge in [0.1, 0.15) is 12.1 Å². The van der Waals surface area contributed by atoms with Gasteiger partial charge in [-0.05, 0) is 49.7 Å². The molecule has 1 aliphatic heterocycles. The molecule has 44 heavy (non-hydrogen) atoms. The van der Waals surface area contributed by atoms with E-state index in [1.165, 1.54) is 30.5 Å². The molecule has 3 aromatic rings. The summed E-state index contributed by atoms with van der Waals surface area (Å²) in [5.74, 6) is -1.28. The highest BCUT2D eigenvalue weighted by Crippen LogP contribution is 2.33. The van der Waals surface area contributed by atoms with Gasteiger partial charge in [-0.2, -0.15) is 0 Å². The minimum atomic E-state index is -0.877. The van der Waals surface area contributed by atoms with Gasteiger partial charge in [0.2, 0.25) is 6.79 Å². The number of pyridine rings is 1. The van der Waals surface area contributed by atoms with Crippen LogP contribution in [-0.4, -0.2) is 48.9 Å². The maximum Gasteiger partial charge on any atom is 0.328 e. The Kier molecular flexibility index (Phi) is 11.7. The van der Waals surface area contributed by atoms with Crippen LogP contribution in [0.15, 0.2) is 72.9 Å². The summed E-state index contributed by atoms with van der Waals surface area (Å²) in [6, 6.07) is 21.3. The predicted molar refractivity (Wildman–Crippen MR) is 165 cm³/mol. The van der Waals surface area contributed by atoms with Crippen molar-refractivity contribution < 1.29 is 33.3 Å². The van der Waals surface area contributed by atoms with Crippen molar-refractivity contribution >= 4 is 17.8 Å². The van der Waals surface area contributed by atoms with Gasteiger partial charge in [-0.15, -0.1) is 0 Å². The van der Waals surface area contributed by atoms with Crippen molar-refractivity contribution in [3.63, 3.8) is 0 Å². The van der Waals surface area contributed by atoms with Gasteiger partial charge >= 0.3 is 11.9 Å². The van der Waals surface area contributed by atoms with Crippen LogP contribution in [-0.2, 0) is 31.9 Å². The molecule has 1 aromatic heterocycles. The van der Waals surface area contributed by atoms with Gasteiger partial charge in [-0.3, -0.25) is 9.59 Å². The Balaban J connectivity index is 1.52. The summed E-state index contributed by atoms with van der Waals surface area (Å²) in [5, 5.41) is 2.82. The minimum Gasteiger partial charge on any atom is -0.493 e. The zero-order chi connectivity index (χ0) is 31.5. The number of nitrogens with one attached hydrogen (secondary N) is 1. The van der Waals surface area contributed by atoms with Crippen LogP contribution in [0.5, 0.6) is 11.5 Å². The van der Waals surface area contributed by atoms with Gasteiger partial charge in [0.15, 0.2) is 17.2 Å². The van der Waals surface area contributed by atoms with Crippen LogP contribution in [0.3, 0.4) is 0 Å². The van der Waals surface area contributed by atoms with Crippen LogP contribution >= 0.6 is 0 Å². The maximum atomic E-state index is 13.5. The number of ether oxygens (including phenoxy) is 4. The first kappa shape index (κ1) is 32.5. The van der Waals surface area contributed by atoms with Crippen LogP contribution < -0.4 is 14.8 Å². The van der Waals surface area contributed by atoms with Gasteiger partial charge in [0.25, 0.3) is 5.91 Å². The number of methoxy groups -OCH3 is 1. The zero-order valence-corrected chi connectivity index (χ0v) is 25.9. The van der Waals surface area contributed by atoms with Crippen LogP contribution in [0.1, 0.15) is 61.6 Å². The second kappa shape index (κ2) is 15.9. The summed E-state index contributed by atoms with van der Waals surface area (Å²) < 4.78 is 22.2. The summed E-state index contributed by atoms with van der Waals surface area (Å²) in [7, 11) is 1.43. The zero-order valence-electron chi connectivity index (χ0n) is 25.9. The van der Waals surface area contributed by atoms with Crippen LogP contribution in [0, 0.1) is 17.8 Å². The standard InChI is InChI=1S/C35H42N2O7/c1-23(2)34(39)43-22-42-32-30(41-4)18-19-36-31(32)33(38)37-29-17-11-16-27(20-25-12-7-5-8-13-25)28(24(3)44-35(29)40)21-26-14-9-6-10-15-26/h5-10,12-15,18-19,23-24,27-29H,11,16-17,20-22H2,1-4H3,(H,37,38). The molecule has 1 aliphatic rings. The Hall–Kier alpha value is -4.40. The van der Waals surface area contributed by atoms with E-state index in [1.54, 1.807) is 13.8 Å². The molecule has 9 nitrogen and oxygen atoms in total.